The van der Waals surface area contributed by atoms with E-state index in [1.54, 1.807) is 0 Å². The molecular weight excluding hydrogens is 560 g/mol. The molecule has 1 aromatic carbocycles. The molecule has 0 saturated heterocycles. The van der Waals surface area contributed by atoms with Gasteiger partial charge in [-0.05, 0) is 31.4 Å². The standard InChI is InChI=1S/C10H12O5.C6H8O7.2C3H6O2.Ca/c1-2-3-15-10(14)6-4-7(11)9(13)8(12)5-6;7-3(8)1-6(13,5(11)12)2-4(9)10;2*1-2-3(4)5;/h4-5,11-13H,2-3H2,1H3;13H,1-2H2,(H,7,8)(H,9,10)(H,11,12);2*2H2,1H3,(H,4,5);/q;;;;+2/p-2. The van der Waals surface area contributed by atoms with Gasteiger partial charge in [-0.1, -0.05) is 20.8 Å². The Kier molecular flexibility index (Phi) is 24.8. The van der Waals surface area contributed by atoms with Crippen LogP contribution in [0, 0.1) is 0 Å². The maximum atomic E-state index is 11.3. The SMILES string of the molecule is CCC(=O)[O-].CCC(=O)[O-].CCCOC(=O)c1cc(O)c(O)c(O)c1.O=C(O)CC(O)(CC(=O)O)C(=O)O.[Ca+2]. The Labute approximate surface area is 252 Å². The number of benzene rings is 1. The first-order chi connectivity index (χ1) is 17.4. The quantitative estimate of drug-likeness (QED) is 0.0883. The maximum absolute atomic E-state index is 11.3. The number of ether oxygens (including phenoxy) is 1. The van der Waals surface area contributed by atoms with E-state index in [9.17, 15) is 39.0 Å². The van der Waals surface area contributed by atoms with Crippen LogP contribution < -0.4 is 10.2 Å². The molecule has 0 unspecified atom stereocenters. The largest absolute Gasteiger partial charge is 2.00 e. The van der Waals surface area contributed by atoms with Crippen LogP contribution in [0.5, 0.6) is 17.2 Å². The molecule has 1 rings (SSSR count). The van der Waals surface area contributed by atoms with E-state index >= 15 is 0 Å². The molecule has 0 atom stereocenters. The van der Waals surface area contributed by atoms with Gasteiger partial charge in [-0.25, -0.2) is 9.59 Å². The average molecular weight is 591 g/mol. The van der Waals surface area contributed by atoms with E-state index in [1.165, 1.54) is 13.8 Å². The normalized spacial score (nSPS) is 9.33. The molecule has 0 aliphatic rings. The van der Waals surface area contributed by atoms with Gasteiger partial charge < -0.3 is 60.3 Å². The minimum absolute atomic E-state index is 0. The Bertz CT molecular complexity index is 906. The van der Waals surface area contributed by atoms with Gasteiger partial charge in [0.2, 0.25) is 0 Å². The van der Waals surface area contributed by atoms with Crippen LogP contribution in [-0.4, -0.2) is 122 Å². The second-order valence-corrected chi connectivity index (χ2v) is 6.93. The van der Waals surface area contributed by atoms with E-state index in [4.69, 9.17) is 40.5 Å². The molecule has 0 amide bonds. The third-order valence-corrected chi connectivity index (χ3v) is 3.61. The molecule has 39 heavy (non-hydrogen) atoms. The summed E-state index contributed by atoms with van der Waals surface area (Å²) < 4.78 is 4.78. The number of carbonyl (C=O) groups excluding carboxylic acids is 3. The van der Waals surface area contributed by atoms with Crippen molar-refractivity contribution in [1.29, 1.82) is 0 Å². The van der Waals surface area contributed by atoms with E-state index < -0.39 is 71.5 Å². The van der Waals surface area contributed by atoms with Gasteiger partial charge in [-0.2, -0.15) is 0 Å². The van der Waals surface area contributed by atoms with E-state index in [2.05, 4.69) is 0 Å². The zero-order valence-corrected chi connectivity index (χ0v) is 23.6. The fourth-order valence-electron chi connectivity index (χ4n) is 1.71. The average Bonchev–Trinajstić information content (AvgIpc) is 2.80. The summed E-state index contributed by atoms with van der Waals surface area (Å²) in [6, 6.07) is 2.07. The van der Waals surface area contributed by atoms with Crippen molar-refractivity contribution >= 4 is 73.6 Å². The number of carbonyl (C=O) groups is 6. The first-order valence-corrected chi connectivity index (χ1v) is 10.6. The molecule has 0 aliphatic heterocycles. The summed E-state index contributed by atoms with van der Waals surface area (Å²) in [6.07, 6.45) is -1.38. The predicted octanol–water partition coefficient (Wildman–Crippen LogP) is -1.97. The molecule has 7 N–H and O–H groups in total. The monoisotopic (exact) mass is 590 g/mol. The Morgan fingerprint density at radius 3 is 1.36 bits per heavy atom. The van der Waals surface area contributed by atoms with Gasteiger partial charge in [-0.3, -0.25) is 9.59 Å². The maximum Gasteiger partial charge on any atom is 2.00 e. The summed E-state index contributed by atoms with van der Waals surface area (Å²) in [7, 11) is 0. The smallest absolute Gasteiger partial charge is 0.550 e. The second kappa shape index (κ2) is 22.6. The van der Waals surface area contributed by atoms with Gasteiger partial charge in [0, 0.05) is 11.9 Å². The summed E-state index contributed by atoms with van der Waals surface area (Å²) in [6.45, 7) is 5.19. The predicted molar refractivity (Wildman–Crippen MR) is 125 cm³/mol. The number of aliphatic hydroxyl groups is 1. The fraction of sp³-hybridized carbons (Fsp3) is 0.455. The number of esters is 1. The van der Waals surface area contributed by atoms with Gasteiger partial charge in [0.05, 0.1) is 25.0 Å². The molecule has 16 nitrogen and oxygen atoms in total. The summed E-state index contributed by atoms with van der Waals surface area (Å²) in [5, 5.41) is 79.6. The van der Waals surface area contributed by atoms with Crippen molar-refractivity contribution in [2.45, 2.75) is 58.5 Å². The molecule has 0 aromatic heterocycles. The molecule has 0 radical (unpaired) electrons. The molecule has 0 fully saturated rings. The Balaban J connectivity index is -0.000000231. The van der Waals surface area contributed by atoms with Crippen LogP contribution >= 0.6 is 0 Å². The molecule has 216 valence electrons. The van der Waals surface area contributed by atoms with Gasteiger partial charge in [-0.15, -0.1) is 0 Å². The third kappa shape index (κ3) is 22.4. The van der Waals surface area contributed by atoms with Gasteiger partial charge >= 0.3 is 61.6 Å². The molecular formula is C22H30CaO16. The molecule has 1 aromatic rings. The Hall–Kier alpha value is -3.34. The fourth-order valence-corrected chi connectivity index (χ4v) is 1.71. The first kappa shape index (κ1) is 42.7. The first-order valence-electron chi connectivity index (χ1n) is 10.6. The van der Waals surface area contributed by atoms with E-state index in [-0.39, 0.29) is 62.8 Å². The van der Waals surface area contributed by atoms with Crippen molar-refractivity contribution in [2.24, 2.45) is 0 Å². The number of hydrogen-bond acceptors (Lipinski definition) is 13. The van der Waals surface area contributed by atoms with Crippen molar-refractivity contribution in [2.75, 3.05) is 6.61 Å². The number of aliphatic carboxylic acids is 5. The third-order valence-electron chi connectivity index (χ3n) is 3.61. The number of rotatable bonds is 10. The Morgan fingerprint density at radius 1 is 0.795 bits per heavy atom. The molecule has 0 saturated carbocycles. The summed E-state index contributed by atoms with van der Waals surface area (Å²) in [4.78, 5) is 60.3. The van der Waals surface area contributed by atoms with Crippen molar-refractivity contribution in [3.05, 3.63) is 17.7 Å². The van der Waals surface area contributed by atoms with Crippen LogP contribution in [0.25, 0.3) is 0 Å². The number of phenolic OH excluding ortho intramolecular Hbond substituents is 3. The van der Waals surface area contributed by atoms with E-state index in [0.29, 0.717) is 6.42 Å². The number of hydrogen-bond donors (Lipinski definition) is 7. The summed E-state index contributed by atoms with van der Waals surface area (Å²) in [5.41, 5.74) is -2.74. The van der Waals surface area contributed by atoms with Crippen molar-refractivity contribution in [3.63, 3.8) is 0 Å². The van der Waals surface area contributed by atoms with Gasteiger partial charge in [0.1, 0.15) is 0 Å². The zero-order chi connectivity index (χ0) is 30.6. The van der Waals surface area contributed by atoms with E-state index in [1.807, 2.05) is 6.92 Å². The van der Waals surface area contributed by atoms with Crippen LogP contribution in [0.2, 0.25) is 0 Å². The number of carboxylic acids is 5. The molecule has 0 heterocycles. The van der Waals surface area contributed by atoms with E-state index in [0.717, 1.165) is 12.1 Å². The van der Waals surface area contributed by atoms with Gasteiger partial charge in [0.15, 0.2) is 22.8 Å². The number of carboxylic acid groups (broad SMARTS) is 5. The van der Waals surface area contributed by atoms with Crippen molar-refractivity contribution in [3.8, 4) is 17.2 Å². The second-order valence-electron chi connectivity index (χ2n) is 6.93. The molecule has 17 heteroatoms. The molecule has 0 bridgehead atoms. The summed E-state index contributed by atoms with van der Waals surface area (Å²) >= 11 is 0. The van der Waals surface area contributed by atoms with Crippen LogP contribution in [0.4, 0.5) is 0 Å². The zero-order valence-electron chi connectivity index (χ0n) is 21.4. The van der Waals surface area contributed by atoms with Crippen LogP contribution in [-0.2, 0) is 28.7 Å². The topological polar surface area (TPSA) is 299 Å². The summed E-state index contributed by atoms with van der Waals surface area (Å²) in [5.74, 6) is -9.43. The van der Waals surface area contributed by atoms with Gasteiger partial charge in [0.25, 0.3) is 0 Å². The Morgan fingerprint density at radius 2 is 1.13 bits per heavy atom. The number of aromatic hydroxyl groups is 3. The van der Waals surface area contributed by atoms with Crippen LogP contribution in [0.1, 0.15) is 63.2 Å². The molecule has 0 aliphatic carbocycles. The van der Waals surface area contributed by atoms with Crippen LogP contribution in [0.3, 0.4) is 0 Å². The minimum atomic E-state index is -2.74. The van der Waals surface area contributed by atoms with Crippen molar-refractivity contribution < 1.29 is 79.5 Å². The van der Waals surface area contributed by atoms with Crippen LogP contribution in [0.15, 0.2) is 12.1 Å². The van der Waals surface area contributed by atoms with Crippen molar-refractivity contribution in [1.82, 2.24) is 0 Å². The molecule has 0 spiro atoms. The minimum Gasteiger partial charge on any atom is -0.550 e. The number of phenols is 3.